The van der Waals surface area contributed by atoms with Gasteiger partial charge in [-0.3, -0.25) is 0 Å². The molecule has 4 aromatic rings. The SMILES string of the molecule is Cc1ccc(Sc2ccc(-c3ccc(Sc4ccc(C)cc4)cc3)cc2)cc1. The highest BCUT2D eigenvalue weighted by Gasteiger charge is 2.02. The van der Waals surface area contributed by atoms with Gasteiger partial charge in [-0.05, 0) is 73.5 Å². The number of aryl methyl sites for hydroxylation is 2. The molecule has 0 bridgehead atoms. The van der Waals surface area contributed by atoms with E-state index >= 15 is 0 Å². The van der Waals surface area contributed by atoms with E-state index in [0.29, 0.717) is 0 Å². The van der Waals surface area contributed by atoms with Crippen LogP contribution in [0.4, 0.5) is 0 Å². The molecule has 0 aliphatic heterocycles. The van der Waals surface area contributed by atoms with E-state index in [4.69, 9.17) is 0 Å². The Morgan fingerprint density at radius 2 is 0.607 bits per heavy atom. The third kappa shape index (κ3) is 4.89. The first-order chi connectivity index (χ1) is 13.7. The fraction of sp³-hybridized carbons (Fsp3) is 0.0769. The van der Waals surface area contributed by atoms with Gasteiger partial charge in [0.05, 0.1) is 0 Å². The summed E-state index contributed by atoms with van der Waals surface area (Å²) in [7, 11) is 0. The molecule has 0 aromatic heterocycles. The summed E-state index contributed by atoms with van der Waals surface area (Å²) in [6, 6.07) is 35.0. The summed E-state index contributed by atoms with van der Waals surface area (Å²) in [6.07, 6.45) is 0. The summed E-state index contributed by atoms with van der Waals surface area (Å²) in [6.45, 7) is 4.24. The van der Waals surface area contributed by atoms with Gasteiger partial charge >= 0.3 is 0 Å². The van der Waals surface area contributed by atoms with Crippen molar-refractivity contribution in [3.8, 4) is 11.1 Å². The summed E-state index contributed by atoms with van der Waals surface area (Å²) < 4.78 is 0. The molecule has 0 unspecified atom stereocenters. The van der Waals surface area contributed by atoms with Crippen LogP contribution in [0.3, 0.4) is 0 Å². The second-order valence-electron chi connectivity index (χ2n) is 6.88. The van der Waals surface area contributed by atoms with Crippen molar-refractivity contribution in [2.45, 2.75) is 33.4 Å². The highest BCUT2D eigenvalue weighted by Crippen LogP contribution is 2.32. The molecule has 0 amide bonds. The highest BCUT2D eigenvalue weighted by atomic mass is 32.2. The molecule has 0 fully saturated rings. The molecular weight excluding hydrogens is 376 g/mol. The maximum absolute atomic E-state index is 2.21. The second-order valence-corrected chi connectivity index (χ2v) is 9.17. The van der Waals surface area contributed by atoms with Gasteiger partial charge in [0.2, 0.25) is 0 Å². The first-order valence-electron chi connectivity index (χ1n) is 9.35. The van der Waals surface area contributed by atoms with Crippen LogP contribution in [-0.4, -0.2) is 0 Å². The van der Waals surface area contributed by atoms with E-state index < -0.39 is 0 Å². The molecule has 4 rings (SSSR count). The van der Waals surface area contributed by atoms with E-state index in [1.165, 1.54) is 41.8 Å². The highest BCUT2D eigenvalue weighted by molar-refractivity contribution is 7.99. The van der Waals surface area contributed by atoms with E-state index in [1.807, 2.05) is 0 Å². The van der Waals surface area contributed by atoms with Crippen molar-refractivity contribution in [1.82, 2.24) is 0 Å². The molecule has 28 heavy (non-hydrogen) atoms. The smallest absolute Gasteiger partial charge is 0.0122 e. The second kappa shape index (κ2) is 8.72. The topological polar surface area (TPSA) is 0 Å². The number of benzene rings is 4. The Hall–Kier alpha value is -2.42. The fourth-order valence-electron chi connectivity index (χ4n) is 2.92. The molecule has 0 saturated heterocycles. The average Bonchev–Trinajstić information content (AvgIpc) is 2.73. The normalized spacial score (nSPS) is 10.8. The molecule has 4 aromatic carbocycles. The Morgan fingerprint density at radius 1 is 0.357 bits per heavy atom. The van der Waals surface area contributed by atoms with Crippen LogP contribution >= 0.6 is 23.5 Å². The van der Waals surface area contributed by atoms with Crippen LogP contribution in [0.1, 0.15) is 11.1 Å². The lowest BCUT2D eigenvalue weighted by atomic mass is 10.1. The van der Waals surface area contributed by atoms with Crippen LogP contribution in [-0.2, 0) is 0 Å². The summed E-state index contributed by atoms with van der Waals surface area (Å²) >= 11 is 3.60. The van der Waals surface area contributed by atoms with Gasteiger partial charge in [-0.25, -0.2) is 0 Å². The van der Waals surface area contributed by atoms with E-state index in [2.05, 4.69) is 111 Å². The zero-order valence-corrected chi connectivity index (χ0v) is 17.7. The maximum Gasteiger partial charge on any atom is 0.0122 e. The number of hydrogen-bond donors (Lipinski definition) is 0. The van der Waals surface area contributed by atoms with Gasteiger partial charge in [0.25, 0.3) is 0 Å². The predicted octanol–water partition coefficient (Wildman–Crippen LogP) is 8.27. The van der Waals surface area contributed by atoms with E-state index in [1.54, 1.807) is 23.5 Å². The van der Waals surface area contributed by atoms with Gasteiger partial charge in [-0.15, -0.1) is 0 Å². The molecule has 0 atom stereocenters. The molecule has 0 heterocycles. The molecule has 0 nitrogen and oxygen atoms in total. The molecule has 138 valence electrons. The maximum atomic E-state index is 2.21. The molecule has 0 radical (unpaired) electrons. The zero-order chi connectivity index (χ0) is 19.3. The van der Waals surface area contributed by atoms with Gasteiger partial charge in [0, 0.05) is 19.6 Å². The summed E-state index contributed by atoms with van der Waals surface area (Å²) in [5.41, 5.74) is 5.09. The Bertz CT molecular complexity index is 941. The summed E-state index contributed by atoms with van der Waals surface area (Å²) in [4.78, 5) is 5.07. The van der Waals surface area contributed by atoms with Gasteiger partial charge in [0.1, 0.15) is 0 Å². The monoisotopic (exact) mass is 398 g/mol. The lowest BCUT2D eigenvalue weighted by molar-refractivity contribution is 1.35. The Labute approximate surface area is 176 Å². The molecule has 0 spiro atoms. The quantitative estimate of drug-likeness (QED) is 0.332. The van der Waals surface area contributed by atoms with Crippen molar-refractivity contribution in [2.75, 3.05) is 0 Å². The van der Waals surface area contributed by atoms with Crippen molar-refractivity contribution in [1.29, 1.82) is 0 Å². The van der Waals surface area contributed by atoms with Crippen molar-refractivity contribution in [3.05, 3.63) is 108 Å². The van der Waals surface area contributed by atoms with Gasteiger partial charge in [-0.2, -0.15) is 0 Å². The first kappa shape index (κ1) is 18.9. The molecular formula is C26H22S2. The minimum atomic E-state index is 1.25. The molecule has 0 aliphatic rings. The van der Waals surface area contributed by atoms with Crippen LogP contribution in [0.25, 0.3) is 11.1 Å². The molecule has 2 heteroatoms. The lowest BCUT2D eigenvalue weighted by Gasteiger charge is -2.07. The Kier molecular flexibility index (Phi) is 5.90. The lowest BCUT2D eigenvalue weighted by Crippen LogP contribution is -1.80. The average molecular weight is 399 g/mol. The van der Waals surface area contributed by atoms with E-state index in [-0.39, 0.29) is 0 Å². The van der Waals surface area contributed by atoms with Crippen LogP contribution in [0.15, 0.2) is 117 Å². The third-order valence-corrected chi connectivity index (χ3v) is 6.59. The van der Waals surface area contributed by atoms with E-state index in [0.717, 1.165) is 0 Å². The van der Waals surface area contributed by atoms with Crippen LogP contribution in [0.5, 0.6) is 0 Å². The van der Waals surface area contributed by atoms with Crippen molar-refractivity contribution in [2.24, 2.45) is 0 Å². The number of hydrogen-bond acceptors (Lipinski definition) is 2. The fourth-order valence-corrected chi connectivity index (χ4v) is 4.55. The summed E-state index contributed by atoms with van der Waals surface area (Å²) in [5, 5.41) is 0. The van der Waals surface area contributed by atoms with E-state index in [9.17, 15) is 0 Å². The largest absolute Gasteiger partial charge is 0.0901 e. The van der Waals surface area contributed by atoms with Crippen LogP contribution in [0, 0.1) is 13.8 Å². The summed E-state index contributed by atoms with van der Waals surface area (Å²) in [5.74, 6) is 0. The zero-order valence-electron chi connectivity index (χ0n) is 16.1. The molecule has 0 aliphatic carbocycles. The standard InChI is InChI=1S/C26H22S2/c1-19-3-11-23(12-4-19)27-25-15-7-21(8-16-25)22-9-17-26(18-10-22)28-24-13-5-20(2)6-14-24/h3-18H,1-2H3. The molecule has 0 saturated carbocycles. The minimum absolute atomic E-state index is 1.25. The Balaban J connectivity index is 1.43. The minimum Gasteiger partial charge on any atom is -0.0901 e. The molecule has 0 N–H and O–H groups in total. The third-order valence-electron chi connectivity index (χ3n) is 4.56. The van der Waals surface area contributed by atoms with Crippen molar-refractivity contribution in [3.63, 3.8) is 0 Å². The number of rotatable bonds is 5. The van der Waals surface area contributed by atoms with Crippen LogP contribution in [0.2, 0.25) is 0 Å². The van der Waals surface area contributed by atoms with Crippen molar-refractivity contribution >= 4 is 23.5 Å². The first-order valence-corrected chi connectivity index (χ1v) is 11.0. The van der Waals surface area contributed by atoms with Crippen molar-refractivity contribution < 1.29 is 0 Å². The Morgan fingerprint density at radius 3 is 0.893 bits per heavy atom. The van der Waals surface area contributed by atoms with Crippen LogP contribution < -0.4 is 0 Å². The van der Waals surface area contributed by atoms with Gasteiger partial charge in [0.15, 0.2) is 0 Å². The van der Waals surface area contributed by atoms with Gasteiger partial charge in [-0.1, -0.05) is 83.2 Å². The van der Waals surface area contributed by atoms with Gasteiger partial charge < -0.3 is 0 Å². The predicted molar refractivity (Wildman–Crippen MR) is 122 cm³/mol.